The number of nitrogens with zero attached hydrogens (tertiary/aromatic N) is 2. The average Bonchev–Trinajstić information content (AvgIpc) is 2.76. The van der Waals surface area contributed by atoms with E-state index >= 15 is 0 Å². The number of alkyl halides is 3. The van der Waals surface area contributed by atoms with Gasteiger partial charge in [-0.05, 0) is 37.1 Å². The van der Waals surface area contributed by atoms with Gasteiger partial charge in [0.25, 0.3) is 0 Å². The summed E-state index contributed by atoms with van der Waals surface area (Å²) in [5.41, 5.74) is 0.00682. The van der Waals surface area contributed by atoms with Crippen LogP contribution in [0.3, 0.4) is 0 Å². The third-order valence-corrected chi connectivity index (χ3v) is 6.74. The molecule has 0 aromatic heterocycles. The van der Waals surface area contributed by atoms with Gasteiger partial charge in [-0.15, -0.1) is 0 Å². The van der Waals surface area contributed by atoms with Crippen molar-refractivity contribution >= 4 is 39.1 Å². The van der Waals surface area contributed by atoms with Crippen molar-refractivity contribution in [2.24, 2.45) is 0 Å². The van der Waals surface area contributed by atoms with Crippen molar-refractivity contribution in [2.75, 3.05) is 24.2 Å². The molecule has 192 valence electrons. The van der Waals surface area contributed by atoms with Crippen LogP contribution in [0.2, 0.25) is 5.02 Å². The summed E-state index contributed by atoms with van der Waals surface area (Å²) >= 11 is 6.06. The first kappa shape index (κ1) is 28.4. The van der Waals surface area contributed by atoms with E-state index in [1.807, 2.05) is 19.1 Å². The highest BCUT2D eigenvalue weighted by Crippen LogP contribution is 2.36. The van der Waals surface area contributed by atoms with Crippen molar-refractivity contribution in [3.8, 4) is 0 Å². The highest BCUT2D eigenvalue weighted by Gasteiger charge is 2.35. The smallest absolute Gasteiger partial charge is 0.357 e. The highest BCUT2D eigenvalue weighted by atomic mass is 35.5. The SMILES string of the molecule is CC[C@H](C(=O)NC)N(Cc1cccc(C)c1)C(=O)CN(c1cc(C(F)(F)F)ccc1Cl)S(C)(=O)=O. The first-order valence-electron chi connectivity index (χ1n) is 10.6. The number of nitrogens with one attached hydrogen (secondary N) is 1. The number of hydrogen-bond acceptors (Lipinski definition) is 4. The molecule has 1 atom stereocenters. The molecule has 0 unspecified atom stereocenters. The van der Waals surface area contributed by atoms with Gasteiger partial charge < -0.3 is 10.2 Å². The molecule has 0 saturated heterocycles. The Hall–Kier alpha value is -2.79. The molecule has 0 aliphatic heterocycles. The minimum absolute atomic E-state index is 0.0135. The van der Waals surface area contributed by atoms with Gasteiger partial charge in [0.1, 0.15) is 12.6 Å². The molecule has 2 amide bonds. The molecule has 0 heterocycles. The number of halogens is 4. The van der Waals surface area contributed by atoms with Crippen LogP contribution in [0.1, 0.15) is 30.0 Å². The van der Waals surface area contributed by atoms with E-state index in [0.717, 1.165) is 24.0 Å². The number of benzene rings is 2. The molecule has 2 rings (SSSR count). The number of likely N-dealkylation sites (N-methyl/N-ethyl adjacent to an activating group) is 1. The molecule has 0 bridgehead atoms. The predicted molar refractivity (Wildman–Crippen MR) is 129 cm³/mol. The number of rotatable bonds is 9. The maximum atomic E-state index is 13.5. The van der Waals surface area contributed by atoms with E-state index < -0.39 is 51.9 Å². The van der Waals surface area contributed by atoms with Gasteiger partial charge in [0, 0.05) is 13.6 Å². The number of hydrogen-bond donors (Lipinski definition) is 1. The Labute approximate surface area is 207 Å². The van der Waals surface area contributed by atoms with E-state index in [-0.39, 0.29) is 18.0 Å². The molecular weight excluding hydrogens is 507 g/mol. The third kappa shape index (κ3) is 7.35. The number of carbonyl (C=O) groups is 2. The van der Waals surface area contributed by atoms with Crippen molar-refractivity contribution in [2.45, 2.75) is 39.0 Å². The van der Waals surface area contributed by atoms with Crippen LogP contribution < -0.4 is 9.62 Å². The second kappa shape index (κ2) is 11.3. The zero-order valence-electron chi connectivity index (χ0n) is 19.7. The van der Waals surface area contributed by atoms with Crippen molar-refractivity contribution in [1.29, 1.82) is 0 Å². The monoisotopic (exact) mass is 533 g/mol. The summed E-state index contributed by atoms with van der Waals surface area (Å²) in [6.07, 6.45) is -3.77. The predicted octanol–water partition coefficient (Wildman–Crippen LogP) is 3.99. The van der Waals surface area contributed by atoms with Crippen molar-refractivity contribution in [3.05, 3.63) is 64.2 Å². The Balaban J connectivity index is 2.54. The zero-order chi connectivity index (χ0) is 26.6. The van der Waals surface area contributed by atoms with Gasteiger partial charge in [-0.2, -0.15) is 13.2 Å². The van der Waals surface area contributed by atoms with Gasteiger partial charge in [-0.25, -0.2) is 8.42 Å². The maximum Gasteiger partial charge on any atom is 0.416 e. The Morgan fingerprint density at radius 1 is 1.14 bits per heavy atom. The molecule has 0 saturated carbocycles. The molecule has 0 fully saturated rings. The van der Waals surface area contributed by atoms with Crippen LogP contribution in [0.25, 0.3) is 0 Å². The standard InChI is InChI=1S/C23H27ClF3N3O4S/c1-5-19(22(32)28-3)29(13-16-8-6-7-15(2)11-16)21(31)14-30(35(4,33)34)20-12-17(23(25,26)27)9-10-18(20)24/h6-12,19H,5,13-14H2,1-4H3,(H,28,32)/t19-/m1/s1. The van der Waals surface area contributed by atoms with Gasteiger partial charge in [-0.1, -0.05) is 48.4 Å². The molecule has 7 nitrogen and oxygen atoms in total. The van der Waals surface area contributed by atoms with E-state index in [1.165, 1.54) is 11.9 Å². The molecule has 0 aliphatic rings. The molecule has 2 aromatic rings. The lowest BCUT2D eigenvalue weighted by Crippen LogP contribution is -2.51. The fourth-order valence-corrected chi connectivity index (χ4v) is 4.69. The van der Waals surface area contributed by atoms with Crippen LogP contribution >= 0.6 is 11.6 Å². The normalized spacial score (nSPS) is 12.7. The molecule has 12 heteroatoms. The molecule has 0 radical (unpaired) electrons. The second-order valence-electron chi connectivity index (χ2n) is 7.98. The van der Waals surface area contributed by atoms with E-state index in [2.05, 4.69) is 5.32 Å². The quantitative estimate of drug-likeness (QED) is 0.528. The number of sulfonamides is 1. The van der Waals surface area contributed by atoms with E-state index in [0.29, 0.717) is 15.9 Å². The van der Waals surface area contributed by atoms with Gasteiger partial charge >= 0.3 is 6.18 Å². The molecule has 0 aliphatic carbocycles. The van der Waals surface area contributed by atoms with Crippen LogP contribution in [0.5, 0.6) is 0 Å². The molecule has 1 N–H and O–H groups in total. The Bertz CT molecular complexity index is 1190. The summed E-state index contributed by atoms with van der Waals surface area (Å²) in [6.45, 7) is 2.68. The number of anilines is 1. The Kier molecular flexibility index (Phi) is 9.18. The summed E-state index contributed by atoms with van der Waals surface area (Å²) in [5.74, 6) is -1.24. The topological polar surface area (TPSA) is 86.8 Å². The van der Waals surface area contributed by atoms with Gasteiger partial charge in [0.2, 0.25) is 21.8 Å². The Morgan fingerprint density at radius 3 is 2.31 bits per heavy atom. The first-order chi connectivity index (χ1) is 16.2. The van der Waals surface area contributed by atoms with Gasteiger partial charge in [0.15, 0.2) is 0 Å². The highest BCUT2D eigenvalue weighted by molar-refractivity contribution is 7.92. The van der Waals surface area contributed by atoms with Gasteiger partial charge in [0.05, 0.1) is 22.5 Å². The lowest BCUT2D eigenvalue weighted by atomic mass is 10.1. The summed E-state index contributed by atoms with van der Waals surface area (Å²) in [7, 11) is -2.83. The summed E-state index contributed by atoms with van der Waals surface area (Å²) in [5, 5.41) is 2.21. The van der Waals surface area contributed by atoms with Crippen LogP contribution in [-0.4, -0.2) is 51.0 Å². The van der Waals surface area contributed by atoms with E-state index in [4.69, 9.17) is 11.6 Å². The first-order valence-corrected chi connectivity index (χ1v) is 12.8. The van der Waals surface area contributed by atoms with E-state index in [9.17, 15) is 31.2 Å². The zero-order valence-corrected chi connectivity index (χ0v) is 21.3. The maximum absolute atomic E-state index is 13.5. The molecule has 35 heavy (non-hydrogen) atoms. The lowest BCUT2D eigenvalue weighted by molar-refractivity contribution is -0.140. The van der Waals surface area contributed by atoms with Gasteiger partial charge in [-0.3, -0.25) is 13.9 Å². The van der Waals surface area contributed by atoms with E-state index in [1.54, 1.807) is 19.1 Å². The minimum atomic E-state index is -4.75. The third-order valence-electron chi connectivity index (χ3n) is 5.29. The largest absolute Gasteiger partial charge is 0.416 e. The average molecular weight is 534 g/mol. The van der Waals surface area contributed by atoms with Crippen LogP contribution in [0.15, 0.2) is 42.5 Å². The lowest BCUT2D eigenvalue weighted by Gasteiger charge is -2.33. The Morgan fingerprint density at radius 2 is 1.80 bits per heavy atom. The minimum Gasteiger partial charge on any atom is -0.357 e. The van der Waals surface area contributed by atoms with Crippen LogP contribution in [0.4, 0.5) is 18.9 Å². The van der Waals surface area contributed by atoms with Crippen molar-refractivity contribution in [1.82, 2.24) is 10.2 Å². The van der Waals surface area contributed by atoms with Crippen LogP contribution in [-0.2, 0) is 32.3 Å². The molecule has 2 aromatic carbocycles. The van der Waals surface area contributed by atoms with Crippen molar-refractivity contribution < 1.29 is 31.2 Å². The summed E-state index contributed by atoms with van der Waals surface area (Å²) < 4.78 is 65.5. The summed E-state index contributed by atoms with van der Waals surface area (Å²) in [6, 6.07) is 8.48. The van der Waals surface area contributed by atoms with Crippen LogP contribution in [0, 0.1) is 6.92 Å². The number of aryl methyl sites for hydroxylation is 1. The molecule has 0 spiro atoms. The second-order valence-corrected chi connectivity index (χ2v) is 10.3. The summed E-state index contributed by atoms with van der Waals surface area (Å²) in [4.78, 5) is 27.2. The van der Waals surface area contributed by atoms with Crippen molar-refractivity contribution in [3.63, 3.8) is 0 Å². The fraction of sp³-hybridized carbons (Fsp3) is 0.391. The number of carbonyl (C=O) groups excluding carboxylic acids is 2. The number of amides is 2. The molecular formula is C23H27ClF3N3O4S. The fourth-order valence-electron chi connectivity index (χ4n) is 3.57.